The summed E-state index contributed by atoms with van der Waals surface area (Å²) in [4.78, 5) is 0. The molecule has 0 aliphatic heterocycles. The maximum absolute atomic E-state index is 9.23. The van der Waals surface area contributed by atoms with E-state index in [-0.39, 0.29) is 18.2 Å². The third-order valence-electron chi connectivity index (χ3n) is 1.98. The molecule has 0 spiro atoms. The Kier molecular flexibility index (Phi) is 4.03. The van der Waals surface area contributed by atoms with Crippen molar-refractivity contribution in [3.8, 4) is 17.2 Å². The first-order chi connectivity index (χ1) is 7.25. The van der Waals surface area contributed by atoms with E-state index in [1.165, 1.54) is 6.07 Å². The Balaban J connectivity index is 0.00000128. The van der Waals surface area contributed by atoms with Crippen LogP contribution in [0.4, 0.5) is 5.69 Å². The lowest BCUT2D eigenvalue weighted by Crippen LogP contribution is -1.88. The number of nitrogens with two attached hydrogens (primary N) is 1. The lowest BCUT2D eigenvalue weighted by Gasteiger charge is -2.06. The summed E-state index contributed by atoms with van der Waals surface area (Å²) >= 11 is 0. The first kappa shape index (κ1) is 12.2. The van der Waals surface area contributed by atoms with Crippen LogP contribution in [0.5, 0.6) is 17.2 Å². The fraction of sp³-hybridized carbons (Fsp3) is 0. The van der Waals surface area contributed by atoms with E-state index in [2.05, 4.69) is 0 Å². The van der Waals surface area contributed by atoms with Gasteiger partial charge in [0.2, 0.25) is 0 Å². The van der Waals surface area contributed by atoms with Gasteiger partial charge in [0.1, 0.15) is 17.2 Å². The number of hydrogen-bond donors (Lipinski definition) is 2. The van der Waals surface area contributed by atoms with Gasteiger partial charge in [-0.05, 0) is 24.3 Å². The fourth-order valence-electron chi connectivity index (χ4n) is 1.22. The molecule has 3 nitrogen and oxygen atoms in total. The minimum absolute atomic E-state index is 0. The highest BCUT2D eigenvalue weighted by Gasteiger charge is 2.00. The first-order valence-corrected chi connectivity index (χ1v) is 4.57. The molecule has 2 rings (SSSR count). The van der Waals surface area contributed by atoms with Crippen LogP contribution in [0.15, 0.2) is 48.5 Å². The Morgan fingerprint density at radius 2 is 1.62 bits per heavy atom. The maximum Gasteiger partial charge on any atom is 0.138 e. The second kappa shape index (κ2) is 5.28. The molecule has 0 unspecified atom stereocenters. The second-order valence-corrected chi connectivity index (χ2v) is 3.14. The Bertz CT molecular complexity index is 460. The van der Waals surface area contributed by atoms with Crippen molar-refractivity contribution in [3.05, 3.63) is 48.5 Å². The zero-order chi connectivity index (χ0) is 10.7. The van der Waals surface area contributed by atoms with Gasteiger partial charge >= 0.3 is 0 Å². The van der Waals surface area contributed by atoms with Crippen molar-refractivity contribution in [1.29, 1.82) is 0 Å². The second-order valence-electron chi connectivity index (χ2n) is 3.14. The number of phenolic OH excluding ortho intramolecular Hbond substituents is 1. The molecule has 84 valence electrons. The van der Waals surface area contributed by atoms with E-state index in [1.54, 1.807) is 12.1 Å². The van der Waals surface area contributed by atoms with E-state index in [0.29, 0.717) is 11.4 Å². The molecule has 0 bridgehead atoms. The van der Waals surface area contributed by atoms with Gasteiger partial charge in [-0.3, -0.25) is 0 Å². The number of para-hydroxylation sites is 1. The van der Waals surface area contributed by atoms with Crippen molar-refractivity contribution in [2.75, 3.05) is 5.73 Å². The number of anilines is 1. The molecule has 2 aromatic rings. The molecule has 0 saturated heterocycles. The standard InChI is InChI=1S/C12H11NO2.ClH/c13-11-8-10(6-7-12(11)14)15-9-4-2-1-3-5-9;/h1-8,14H,13H2;1H. The lowest BCUT2D eigenvalue weighted by atomic mass is 10.3. The van der Waals surface area contributed by atoms with Crippen molar-refractivity contribution in [1.82, 2.24) is 0 Å². The van der Waals surface area contributed by atoms with Gasteiger partial charge in [0, 0.05) is 6.07 Å². The SMILES string of the molecule is Cl.Nc1cc(Oc2ccccc2)ccc1O. The number of phenols is 1. The normalized spacial score (nSPS) is 9.25. The molecule has 0 aromatic heterocycles. The fourth-order valence-corrected chi connectivity index (χ4v) is 1.22. The first-order valence-electron chi connectivity index (χ1n) is 4.57. The average Bonchev–Trinajstić information content (AvgIpc) is 2.25. The largest absolute Gasteiger partial charge is 0.506 e. The van der Waals surface area contributed by atoms with Crippen molar-refractivity contribution in [2.45, 2.75) is 0 Å². The van der Waals surface area contributed by atoms with Crippen LogP contribution in [0.1, 0.15) is 0 Å². The number of ether oxygens (including phenoxy) is 1. The molecule has 0 radical (unpaired) electrons. The maximum atomic E-state index is 9.23. The van der Waals surface area contributed by atoms with Crippen LogP contribution >= 0.6 is 12.4 Å². The van der Waals surface area contributed by atoms with Crippen LogP contribution < -0.4 is 10.5 Å². The molecule has 0 saturated carbocycles. The zero-order valence-electron chi connectivity index (χ0n) is 8.46. The Hall–Kier alpha value is -1.87. The van der Waals surface area contributed by atoms with Crippen LogP contribution in [0.25, 0.3) is 0 Å². The summed E-state index contributed by atoms with van der Waals surface area (Å²) in [5.74, 6) is 1.41. The van der Waals surface area contributed by atoms with Crippen LogP contribution in [0.3, 0.4) is 0 Å². The van der Waals surface area contributed by atoms with Gasteiger partial charge in [-0.1, -0.05) is 18.2 Å². The number of benzene rings is 2. The van der Waals surface area contributed by atoms with Gasteiger partial charge in [-0.15, -0.1) is 12.4 Å². The molecule has 0 amide bonds. The zero-order valence-corrected chi connectivity index (χ0v) is 9.28. The molecule has 0 atom stereocenters. The van der Waals surface area contributed by atoms with E-state index < -0.39 is 0 Å². The van der Waals surface area contributed by atoms with Crippen molar-refractivity contribution in [2.24, 2.45) is 0 Å². The van der Waals surface area contributed by atoms with Crippen LogP contribution in [-0.2, 0) is 0 Å². The highest BCUT2D eigenvalue weighted by molar-refractivity contribution is 5.85. The summed E-state index contributed by atoms with van der Waals surface area (Å²) in [6.07, 6.45) is 0. The molecule has 16 heavy (non-hydrogen) atoms. The molecular weight excluding hydrogens is 226 g/mol. The Labute approximate surface area is 99.9 Å². The third kappa shape index (κ3) is 2.81. The molecule has 0 aliphatic carbocycles. The predicted octanol–water partition coefficient (Wildman–Crippen LogP) is 3.19. The number of halogens is 1. The summed E-state index contributed by atoms with van der Waals surface area (Å²) in [7, 11) is 0. The van der Waals surface area contributed by atoms with Crippen molar-refractivity contribution < 1.29 is 9.84 Å². The van der Waals surface area contributed by atoms with Gasteiger partial charge in [0.25, 0.3) is 0 Å². The Morgan fingerprint density at radius 3 is 2.25 bits per heavy atom. The third-order valence-corrected chi connectivity index (χ3v) is 1.98. The summed E-state index contributed by atoms with van der Waals surface area (Å²) in [6, 6.07) is 14.1. The van der Waals surface area contributed by atoms with Gasteiger partial charge in [0.15, 0.2) is 0 Å². The van der Waals surface area contributed by atoms with Crippen LogP contribution in [0, 0.1) is 0 Å². The molecule has 3 N–H and O–H groups in total. The summed E-state index contributed by atoms with van der Waals surface area (Å²) < 4.78 is 5.52. The number of hydrogen-bond acceptors (Lipinski definition) is 3. The van der Waals surface area contributed by atoms with Crippen molar-refractivity contribution in [3.63, 3.8) is 0 Å². The van der Waals surface area contributed by atoms with E-state index in [9.17, 15) is 5.11 Å². The highest BCUT2D eigenvalue weighted by atomic mass is 35.5. The highest BCUT2D eigenvalue weighted by Crippen LogP contribution is 2.28. The predicted molar refractivity (Wildman–Crippen MR) is 66.3 cm³/mol. The molecule has 2 aromatic carbocycles. The molecule has 0 heterocycles. The quantitative estimate of drug-likeness (QED) is 0.623. The summed E-state index contributed by atoms with van der Waals surface area (Å²) in [5.41, 5.74) is 5.85. The summed E-state index contributed by atoms with van der Waals surface area (Å²) in [6.45, 7) is 0. The van der Waals surface area contributed by atoms with Gasteiger partial charge in [-0.2, -0.15) is 0 Å². The molecule has 4 heteroatoms. The number of nitrogen functional groups attached to an aromatic ring is 1. The van der Waals surface area contributed by atoms with Crippen LogP contribution in [0.2, 0.25) is 0 Å². The van der Waals surface area contributed by atoms with E-state index >= 15 is 0 Å². The van der Waals surface area contributed by atoms with E-state index in [4.69, 9.17) is 10.5 Å². The van der Waals surface area contributed by atoms with Gasteiger partial charge in [-0.25, -0.2) is 0 Å². The molecule has 0 fully saturated rings. The average molecular weight is 238 g/mol. The lowest BCUT2D eigenvalue weighted by molar-refractivity contribution is 0.467. The molecular formula is C12H12ClNO2. The Morgan fingerprint density at radius 1 is 0.938 bits per heavy atom. The summed E-state index contributed by atoms with van der Waals surface area (Å²) in [5, 5.41) is 9.23. The van der Waals surface area contributed by atoms with Crippen LogP contribution in [-0.4, -0.2) is 5.11 Å². The van der Waals surface area contributed by atoms with E-state index in [1.807, 2.05) is 30.3 Å². The van der Waals surface area contributed by atoms with E-state index in [0.717, 1.165) is 5.75 Å². The number of aromatic hydroxyl groups is 1. The smallest absolute Gasteiger partial charge is 0.138 e. The number of rotatable bonds is 2. The van der Waals surface area contributed by atoms with Crippen molar-refractivity contribution >= 4 is 18.1 Å². The monoisotopic (exact) mass is 237 g/mol. The van der Waals surface area contributed by atoms with Gasteiger partial charge < -0.3 is 15.6 Å². The molecule has 0 aliphatic rings. The van der Waals surface area contributed by atoms with Gasteiger partial charge in [0.05, 0.1) is 5.69 Å². The minimum atomic E-state index is 0. The minimum Gasteiger partial charge on any atom is -0.506 e. The topological polar surface area (TPSA) is 55.5 Å².